The Hall–Kier alpha value is -3.55. The lowest BCUT2D eigenvalue weighted by atomic mass is 10.2. The van der Waals surface area contributed by atoms with E-state index in [0.717, 1.165) is 0 Å². The van der Waals surface area contributed by atoms with Crippen molar-refractivity contribution in [2.45, 2.75) is 0 Å². The maximum Gasteiger partial charge on any atom is 0.265 e. The molecule has 2 N–H and O–H groups in total. The molecule has 2 aromatic rings. The van der Waals surface area contributed by atoms with Crippen molar-refractivity contribution in [3.05, 3.63) is 54.5 Å². The average molecular weight is 341 g/mol. The van der Waals surface area contributed by atoms with E-state index in [9.17, 15) is 14.4 Å². The first-order valence-electron chi connectivity index (χ1n) is 7.46. The number of nitrogens with one attached hydrogen (secondary N) is 2. The second-order valence-corrected chi connectivity index (χ2v) is 5.12. The molecular weight excluding hydrogens is 326 g/mol. The van der Waals surface area contributed by atoms with E-state index in [0.29, 0.717) is 17.2 Å². The number of anilines is 1. The second kappa shape index (κ2) is 7.35. The van der Waals surface area contributed by atoms with E-state index in [2.05, 4.69) is 10.9 Å². The molecule has 1 aliphatic heterocycles. The lowest BCUT2D eigenvalue weighted by Crippen LogP contribution is -2.49. The molecule has 128 valence electrons. The predicted octanol–water partition coefficient (Wildman–Crippen LogP) is 0.866. The number of hydrogen-bond donors (Lipinski definition) is 2. The highest BCUT2D eigenvalue weighted by Crippen LogP contribution is 2.30. The van der Waals surface area contributed by atoms with Crippen LogP contribution >= 0.6 is 0 Å². The Balaban J connectivity index is 1.54. The molecule has 8 nitrogen and oxygen atoms in total. The Morgan fingerprint density at radius 1 is 1.16 bits per heavy atom. The van der Waals surface area contributed by atoms with E-state index in [1.807, 2.05) is 0 Å². The molecule has 0 atom stereocenters. The van der Waals surface area contributed by atoms with E-state index < -0.39 is 11.8 Å². The third kappa shape index (κ3) is 4.05. The zero-order valence-electron chi connectivity index (χ0n) is 13.1. The molecule has 0 fully saturated rings. The Kier molecular flexibility index (Phi) is 4.79. The number of ether oxygens (including phenoxy) is 1. The molecule has 0 unspecified atom stereocenters. The Bertz CT molecular complexity index is 813. The molecule has 0 saturated heterocycles. The molecule has 1 aliphatic rings. The number of amides is 3. The third-order valence-electron chi connectivity index (χ3n) is 3.38. The van der Waals surface area contributed by atoms with Crippen LogP contribution in [-0.2, 0) is 14.4 Å². The molecule has 3 amide bonds. The van der Waals surface area contributed by atoms with Gasteiger partial charge in [-0.05, 0) is 30.3 Å². The van der Waals surface area contributed by atoms with Gasteiger partial charge >= 0.3 is 0 Å². The molecule has 8 heteroatoms. The second-order valence-electron chi connectivity index (χ2n) is 5.12. The molecule has 0 bridgehead atoms. The molecule has 1 aromatic heterocycles. The number of fused-ring (bicyclic) bond motifs is 1. The van der Waals surface area contributed by atoms with Gasteiger partial charge in [-0.3, -0.25) is 30.1 Å². The number of hydrazine groups is 1. The molecule has 0 saturated carbocycles. The largest absolute Gasteiger partial charge is 0.482 e. The van der Waals surface area contributed by atoms with Crippen LogP contribution in [0.4, 0.5) is 5.69 Å². The fourth-order valence-electron chi connectivity index (χ4n) is 2.23. The molecule has 2 heterocycles. The smallest absolute Gasteiger partial charge is 0.265 e. The van der Waals surface area contributed by atoms with Gasteiger partial charge in [0, 0.05) is 6.08 Å². The fourth-order valence-corrected chi connectivity index (χ4v) is 2.23. The lowest BCUT2D eigenvalue weighted by Gasteiger charge is -2.28. The topological polar surface area (TPSA) is 101 Å². The maximum absolute atomic E-state index is 12.0. The van der Waals surface area contributed by atoms with Crippen molar-refractivity contribution in [2.75, 3.05) is 18.1 Å². The van der Waals surface area contributed by atoms with Crippen LogP contribution in [0.2, 0.25) is 0 Å². The number of benzene rings is 1. The monoisotopic (exact) mass is 341 g/mol. The van der Waals surface area contributed by atoms with Gasteiger partial charge in [-0.15, -0.1) is 0 Å². The summed E-state index contributed by atoms with van der Waals surface area (Å²) in [5.41, 5.74) is 5.01. The number of nitrogens with zero attached hydrogens (tertiary/aromatic N) is 1. The molecule has 0 radical (unpaired) electrons. The standard InChI is InChI=1S/C17H15N3O5/c21-15(8-7-12-4-3-9-24-12)18-19-16(22)10-20-13-5-1-2-6-14(13)25-11-17(20)23/h1-9H,10-11H2,(H,18,21)(H,19,22)/b8-7+. The summed E-state index contributed by atoms with van der Waals surface area (Å²) in [5, 5.41) is 0. The van der Waals surface area contributed by atoms with E-state index in [1.165, 1.54) is 23.3 Å². The van der Waals surface area contributed by atoms with Crippen molar-refractivity contribution < 1.29 is 23.5 Å². The summed E-state index contributed by atoms with van der Waals surface area (Å²) in [6.45, 7) is -0.371. The number of carbonyl (C=O) groups is 3. The summed E-state index contributed by atoms with van der Waals surface area (Å²) in [4.78, 5) is 36.9. The molecular formula is C17H15N3O5. The van der Waals surface area contributed by atoms with Crippen molar-refractivity contribution in [1.29, 1.82) is 0 Å². The summed E-state index contributed by atoms with van der Waals surface area (Å²) in [6, 6.07) is 10.3. The Morgan fingerprint density at radius 2 is 2.00 bits per heavy atom. The van der Waals surface area contributed by atoms with Crippen molar-refractivity contribution in [1.82, 2.24) is 10.9 Å². The van der Waals surface area contributed by atoms with Crippen LogP contribution in [0.1, 0.15) is 5.76 Å². The lowest BCUT2D eigenvalue weighted by molar-refractivity contribution is -0.127. The van der Waals surface area contributed by atoms with Gasteiger partial charge in [0.1, 0.15) is 18.1 Å². The number of para-hydroxylation sites is 2. The van der Waals surface area contributed by atoms with Crippen LogP contribution in [0.5, 0.6) is 5.75 Å². The SMILES string of the molecule is O=C(/C=C/c1ccco1)NNC(=O)CN1C(=O)COc2ccccc21. The van der Waals surface area contributed by atoms with E-state index in [1.54, 1.807) is 36.4 Å². The van der Waals surface area contributed by atoms with Crippen LogP contribution in [0.3, 0.4) is 0 Å². The average Bonchev–Trinajstić information content (AvgIpc) is 3.14. The van der Waals surface area contributed by atoms with Crippen molar-refractivity contribution in [3.63, 3.8) is 0 Å². The molecule has 3 rings (SSSR count). The highest BCUT2D eigenvalue weighted by Gasteiger charge is 2.26. The quantitative estimate of drug-likeness (QED) is 0.635. The van der Waals surface area contributed by atoms with Crippen LogP contribution < -0.4 is 20.5 Å². The molecule has 25 heavy (non-hydrogen) atoms. The maximum atomic E-state index is 12.0. The van der Waals surface area contributed by atoms with Gasteiger partial charge in [-0.25, -0.2) is 0 Å². The van der Waals surface area contributed by atoms with Crippen molar-refractivity contribution in [3.8, 4) is 5.75 Å². The third-order valence-corrected chi connectivity index (χ3v) is 3.38. The first-order valence-corrected chi connectivity index (χ1v) is 7.46. The summed E-state index contributed by atoms with van der Waals surface area (Å²) >= 11 is 0. The van der Waals surface area contributed by atoms with E-state index >= 15 is 0 Å². The number of furan rings is 1. The van der Waals surface area contributed by atoms with Crippen LogP contribution in [0.25, 0.3) is 6.08 Å². The zero-order valence-corrected chi connectivity index (χ0v) is 13.1. The summed E-state index contributed by atoms with van der Waals surface area (Å²) in [5.74, 6) is -0.363. The van der Waals surface area contributed by atoms with Crippen molar-refractivity contribution in [2.24, 2.45) is 0 Å². The molecule has 1 aromatic carbocycles. The minimum Gasteiger partial charge on any atom is -0.482 e. The normalized spacial score (nSPS) is 13.3. The van der Waals surface area contributed by atoms with E-state index in [-0.39, 0.29) is 19.1 Å². The number of hydrogen-bond acceptors (Lipinski definition) is 5. The van der Waals surface area contributed by atoms with Gasteiger partial charge in [0.15, 0.2) is 6.61 Å². The zero-order chi connectivity index (χ0) is 17.6. The van der Waals surface area contributed by atoms with Crippen LogP contribution in [-0.4, -0.2) is 30.9 Å². The number of rotatable bonds is 4. The predicted molar refractivity (Wildman–Crippen MR) is 88.3 cm³/mol. The number of carbonyl (C=O) groups excluding carboxylic acids is 3. The van der Waals surface area contributed by atoms with Crippen LogP contribution in [0.15, 0.2) is 53.2 Å². The summed E-state index contributed by atoms with van der Waals surface area (Å²) in [6.07, 6.45) is 4.16. The summed E-state index contributed by atoms with van der Waals surface area (Å²) in [7, 11) is 0. The van der Waals surface area contributed by atoms with Gasteiger partial charge in [-0.1, -0.05) is 12.1 Å². The van der Waals surface area contributed by atoms with Crippen LogP contribution in [0, 0.1) is 0 Å². The van der Waals surface area contributed by atoms with Gasteiger partial charge in [-0.2, -0.15) is 0 Å². The fraction of sp³-hybridized carbons (Fsp3) is 0.118. The van der Waals surface area contributed by atoms with E-state index in [4.69, 9.17) is 9.15 Å². The minimum absolute atomic E-state index is 0.136. The van der Waals surface area contributed by atoms with Gasteiger partial charge in [0.25, 0.3) is 17.7 Å². The van der Waals surface area contributed by atoms with Gasteiger partial charge < -0.3 is 9.15 Å². The first kappa shape index (κ1) is 16.3. The molecule has 0 spiro atoms. The van der Waals surface area contributed by atoms with Gasteiger partial charge in [0.05, 0.1) is 12.0 Å². The van der Waals surface area contributed by atoms with Crippen molar-refractivity contribution >= 4 is 29.5 Å². The highest BCUT2D eigenvalue weighted by atomic mass is 16.5. The first-order chi connectivity index (χ1) is 12.1. The van der Waals surface area contributed by atoms with Gasteiger partial charge in [0.2, 0.25) is 0 Å². The Labute approximate surface area is 143 Å². The highest BCUT2D eigenvalue weighted by molar-refractivity contribution is 6.02. The summed E-state index contributed by atoms with van der Waals surface area (Å²) < 4.78 is 10.3. The Morgan fingerprint density at radius 3 is 2.80 bits per heavy atom. The minimum atomic E-state index is -0.537. The molecule has 0 aliphatic carbocycles.